The van der Waals surface area contributed by atoms with E-state index >= 15 is 0 Å². The van der Waals surface area contributed by atoms with E-state index in [-0.39, 0.29) is 0 Å². The van der Waals surface area contributed by atoms with Gasteiger partial charge in [0.25, 0.3) is 0 Å². The Morgan fingerprint density at radius 1 is 1.35 bits per heavy atom. The first-order chi connectivity index (χ1) is 8.21. The van der Waals surface area contributed by atoms with Gasteiger partial charge in [-0.3, -0.25) is 0 Å². The Morgan fingerprint density at radius 2 is 2.24 bits per heavy atom. The zero-order valence-corrected chi connectivity index (χ0v) is 11.0. The summed E-state index contributed by atoms with van der Waals surface area (Å²) in [5.41, 5.74) is 3.46. The Kier molecular flexibility index (Phi) is 2.74. The molecule has 0 radical (unpaired) electrons. The lowest BCUT2D eigenvalue weighted by Gasteiger charge is -2.50. The van der Waals surface area contributed by atoms with E-state index in [1.165, 1.54) is 37.8 Å². The molecule has 0 unspecified atom stereocenters. The maximum atomic E-state index is 3.71. The first-order valence-electron chi connectivity index (χ1n) is 7.01. The van der Waals surface area contributed by atoms with Crippen molar-refractivity contribution in [2.45, 2.75) is 51.0 Å². The van der Waals surface area contributed by atoms with Gasteiger partial charge in [-0.15, -0.1) is 0 Å². The van der Waals surface area contributed by atoms with Crippen LogP contribution in [0.25, 0.3) is 0 Å². The van der Waals surface area contributed by atoms with Crippen LogP contribution in [0.5, 0.6) is 0 Å². The Morgan fingerprint density at radius 3 is 3.06 bits per heavy atom. The average molecular weight is 229 g/mol. The molecule has 92 valence electrons. The molecule has 3 atom stereocenters. The summed E-state index contributed by atoms with van der Waals surface area (Å²) >= 11 is 0. The monoisotopic (exact) mass is 229 g/mol. The highest BCUT2D eigenvalue weighted by molar-refractivity contribution is 5.32. The van der Waals surface area contributed by atoms with Crippen LogP contribution >= 0.6 is 0 Å². The van der Waals surface area contributed by atoms with Crippen LogP contribution < -0.4 is 5.32 Å². The van der Waals surface area contributed by atoms with Crippen molar-refractivity contribution in [1.29, 1.82) is 0 Å². The SMILES string of the molecule is Cc1cccc([C@@]23CCC[C@@H](C2)NC[C@H]3C)c1. The molecule has 1 aromatic rings. The minimum absolute atomic E-state index is 0.459. The van der Waals surface area contributed by atoms with Crippen molar-refractivity contribution in [3.8, 4) is 0 Å². The number of piperidine rings is 1. The van der Waals surface area contributed by atoms with Crippen LogP contribution in [0.3, 0.4) is 0 Å². The minimum Gasteiger partial charge on any atom is -0.314 e. The van der Waals surface area contributed by atoms with Crippen molar-refractivity contribution in [3.05, 3.63) is 35.4 Å². The summed E-state index contributed by atoms with van der Waals surface area (Å²) in [7, 11) is 0. The summed E-state index contributed by atoms with van der Waals surface area (Å²) in [4.78, 5) is 0. The molecule has 0 amide bonds. The zero-order valence-electron chi connectivity index (χ0n) is 11.0. The number of nitrogens with one attached hydrogen (secondary N) is 1. The van der Waals surface area contributed by atoms with Crippen LogP contribution in [0.2, 0.25) is 0 Å². The predicted octanol–water partition coefficient (Wildman–Crippen LogP) is 3.41. The second kappa shape index (κ2) is 4.13. The highest BCUT2D eigenvalue weighted by Crippen LogP contribution is 2.47. The molecule has 3 rings (SSSR count). The minimum atomic E-state index is 0.459. The van der Waals surface area contributed by atoms with Gasteiger partial charge < -0.3 is 5.32 Å². The van der Waals surface area contributed by atoms with Crippen molar-refractivity contribution in [2.24, 2.45) is 5.92 Å². The fourth-order valence-corrected chi connectivity index (χ4v) is 3.97. The van der Waals surface area contributed by atoms with Crippen molar-refractivity contribution >= 4 is 0 Å². The molecule has 0 spiro atoms. The first kappa shape index (κ1) is 11.3. The lowest BCUT2D eigenvalue weighted by molar-refractivity contribution is 0.120. The Hall–Kier alpha value is -0.820. The highest BCUT2D eigenvalue weighted by Gasteiger charge is 2.44. The van der Waals surface area contributed by atoms with Crippen LogP contribution in [0.1, 0.15) is 43.7 Å². The summed E-state index contributed by atoms with van der Waals surface area (Å²) in [6.45, 7) is 5.83. The van der Waals surface area contributed by atoms with E-state index in [2.05, 4.69) is 43.4 Å². The van der Waals surface area contributed by atoms with Gasteiger partial charge in [0.1, 0.15) is 0 Å². The van der Waals surface area contributed by atoms with Crippen molar-refractivity contribution in [1.82, 2.24) is 5.32 Å². The molecule has 0 aromatic heterocycles. The van der Waals surface area contributed by atoms with Crippen molar-refractivity contribution in [2.75, 3.05) is 6.54 Å². The van der Waals surface area contributed by atoms with Gasteiger partial charge in [-0.05, 0) is 44.2 Å². The largest absolute Gasteiger partial charge is 0.314 e. The third-order valence-corrected chi connectivity index (χ3v) is 5.04. The van der Waals surface area contributed by atoms with Gasteiger partial charge in [-0.1, -0.05) is 43.2 Å². The molecule has 2 fully saturated rings. The van der Waals surface area contributed by atoms with Crippen LogP contribution in [0, 0.1) is 12.8 Å². The zero-order chi connectivity index (χ0) is 11.9. The molecular formula is C16H23N. The number of benzene rings is 1. The van der Waals surface area contributed by atoms with Gasteiger partial charge >= 0.3 is 0 Å². The van der Waals surface area contributed by atoms with E-state index in [9.17, 15) is 0 Å². The van der Waals surface area contributed by atoms with Gasteiger partial charge in [0, 0.05) is 11.5 Å². The molecule has 2 bridgehead atoms. The standard InChI is InChI=1S/C16H23N/c1-12-5-3-6-14(9-12)16-8-4-7-15(10-16)17-11-13(16)2/h3,5-6,9,13,15,17H,4,7-8,10-11H2,1-2H3/t13-,15+,16+/m1/s1. The number of rotatable bonds is 1. The van der Waals surface area contributed by atoms with Crippen molar-refractivity contribution in [3.63, 3.8) is 0 Å². The summed E-state index contributed by atoms with van der Waals surface area (Å²) in [6.07, 6.45) is 5.49. The third-order valence-electron chi connectivity index (χ3n) is 5.04. The number of fused-ring (bicyclic) bond motifs is 2. The van der Waals surface area contributed by atoms with E-state index in [1.54, 1.807) is 5.56 Å². The maximum absolute atomic E-state index is 3.71. The van der Waals surface area contributed by atoms with Gasteiger partial charge in [0.15, 0.2) is 0 Å². The second-order valence-electron chi connectivity index (χ2n) is 6.13. The van der Waals surface area contributed by atoms with Gasteiger partial charge in [-0.2, -0.15) is 0 Å². The van der Waals surface area contributed by atoms with Crippen LogP contribution in [-0.2, 0) is 5.41 Å². The molecule has 1 aliphatic heterocycles. The van der Waals surface area contributed by atoms with Gasteiger partial charge in [0.2, 0.25) is 0 Å². The number of hydrogen-bond donors (Lipinski definition) is 1. The molecule has 1 heteroatoms. The summed E-state index contributed by atoms with van der Waals surface area (Å²) in [6, 6.07) is 9.99. The van der Waals surface area contributed by atoms with E-state index in [0.29, 0.717) is 5.41 Å². The Bertz CT molecular complexity index is 412. The quantitative estimate of drug-likeness (QED) is 0.778. The molecule has 1 N–H and O–H groups in total. The van der Waals surface area contributed by atoms with E-state index < -0.39 is 0 Å². The topological polar surface area (TPSA) is 12.0 Å². The molecule has 1 heterocycles. The fraction of sp³-hybridized carbons (Fsp3) is 0.625. The normalized spacial score (nSPS) is 36.8. The van der Waals surface area contributed by atoms with Crippen LogP contribution in [0.4, 0.5) is 0 Å². The molecule has 1 aromatic carbocycles. The molecule has 1 aliphatic carbocycles. The van der Waals surface area contributed by atoms with Crippen LogP contribution in [-0.4, -0.2) is 12.6 Å². The van der Waals surface area contributed by atoms with E-state index in [4.69, 9.17) is 0 Å². The average Bonchev–Trinajstić information content (AvgIpc) is 2.35. The van der Waals surface area contributed by atoms with E-state index in [1.807, 2.05) is 0 Å². The fourth-order valence-electron chi connectivity index (χ4n) is 3.97. The summed E-state index contributed by atoms with van der Waals surface area (Å²) in [5, 5.41) is 3.71. The molecule has 1 saturated carbocycles. The molecule has 2 aliphatic rings. The number of aryl methyl sites for hydroxylation is 1. The smallest absolute Gasteiger partial charge is 0.00757 e. The van der Waals surface area contributed by atoms with Crippen LogP contribution in [0.15, 0.2) is 24.3 Å². The molecular weight excluding hydrogens is 206 g/mol. The first-order valence-corrected chi connectivity index (χ1v) is 7.01. The maximum Gasteiger partial charge on any atom is 0.00757 e. The molecule has 1 saturated heterocycles. The lowest BCUT2D eigenvalue weighted by atomic mass is 9.59. The number of hydrogen-bond acceptors (Lipinski definition) is 1. The van der Waals surface area contributed by atoms with Crippen molar-refractivity contribution < 1.29 is 0 Å². The Labute approximate surface area is 105 Å². The Balaban J connectivity index is 2.02. The van der Waals surface area contributed by atoms with Gasteiger partial charge in [0.05, 0.1) is 0 Å². The second-order valence-corrected chi connectivity index (χ2v) is 6.13. The summed E-state index contributed by atoms with van der Waals surface area (Å²) in [5.74, 6) is 0.765. The molecule has 17 heavy (non-hydrogen) atoms. The van der Waals surface area contributed by atoms with Gasteiger partial charge in [-0.25, -0.2) is 0 Å². The lowest BCUT2D eigenvalue weighted by Crippen LogP contribution is -2.54. The third kappa shape index (κ3) is 1.81. The van der Waals surface area contributed by atoms with E-state index in [0.717, 1.165) is 12.0 Å². The predicted molar refractivity (Wildman–Crippen MR) is 72.3 cm³/mol. The molecule has 1 nitrogen and oxygen atoms in total. The summed E-state index contributed by atoms with van der Waals surface area (Å²) < 4.78 is 0. The highest BCUT2D eigenvalue weighted by atomic mass is 14.9.